The van der Waals surface area contributed by atoms with Crippen molar-refractivity contribution in [1.82, 2.24) is 14.7 Å². The van der Waals surface area contributed by atoms with Crippen LogP contribution in [0.1, 0.15) is 25.0 Å². The second kappa shape index (κ2) is 7.27. The molecule has 0 atom stereocenters. The van der Waals surface area contributed by atoms with Crippen LogP contribution in [0.4, 0.5) is 0 Å². The van der Waals surface area contributed by atoms with Crippen molar-refractivity contribution in [1.29, 1.82) is 0 Å². The number of amides is 1. The maximum Gasteiger partial charge on any atom is 0.267 e. The van der Waals surface area contributed by atoms with Gasteiger partial charge in [0.05, 0.1) is 5.69 Å². The largest absolute Gasteiger partial charge is 0.454 e. The molecule has 0 bridgehead atoms. The summed E-state index contributed by atoms with van der Waals surface area (Å²) in [6.07, 6.45) is 0.803. The Morgan fingerprint density at radius 1 is 1.00 bits per heavy atom. The van der Waals surface area contributed by atoms with Gasteiger partial charge >= 0.3 is 0 Å². The van der Waals surface area contributed by atoms with Crippen LogP contribution in [0.15, 0.2) is 59.4 Å². The summed E-state index contributed by atoms with van der Waals surface area (Å²) in [5, 5.41) is 4.56. The van der Waals surface area contributed by atoms with Gasteiger partial charge in [0, 0.05) is 24.7 Å². The van der Waals surface area contributed by atoms with E-state index in [1.807, 2.05) is 41.3 Å². The number of nitrogens with zero attached hydrogens (tertiary/aromatic N) is 3. The van der Waals surface area contributed by atoms with E-state index in [0.717, 1.165) is 17.5 Å². The number of ether oxygens (including phenoxy) is 2. The number of benzene rings is 2. The zero-order valence-corrected chi connectivity index (χ0v) is 17.5. The Labute approximate surface area is 179 Å². The molecule has 0 unspecified atom stereocenters. The maximum absolute atomic E-state index is 13.5. The molecule has 7 nitrogen and oxygen atoms in total. The Kier molecular flexibility index (Phi) is 4.54. The highest BCUT2D eigenvalue weighted by atomic mass is 16.7. The topological polar surface area (TPSA) is 73.7 Å². The van der Waals surface area contributed by atoms with Crippen LogP contribution in [0.2, 0.25) is 0 Å². The van der Waals surface area contributed by atoms with Crippen LogP contribution in [0, 0.1) is 0 Å². The molecule has 0 aliphatic carbocycles. The van der Waals surface area contributed by atoms with Crippen molar-refractivity contribution < 1.29 is 14.3 Å². The van der Waals surface area contributed by atoms with Crippen molar-refractivity contribution in [2.24, 2.45) is 0 Å². The molecule has 0 fully saturated rings. The Morgan fingerprint density at radius 2 is 1.77 bits per heavy atom. The lowest BCUT2D eigenvalue weighted by atomic mass is 9.96. The van der Waals surface area contributed by atoms with E-state index in [9.17, 15) is 9.59 Å². The average molecular weight is 417 g/mol. The van der Waals surface area contributed by atoms with Crippen molar-refractivity contribution in [2.45, 2.75) is 32.4 Å². The zero-order valence-electron chi connectivity index (χ0n) is 17.5. The molecule has 0 saturated heterocycles. The lowest BCUT2D eigenvalue weighted by Gasteiger charge is -2.35. The standard InChI is InChI=1S/C24H23N3O4/c1-24(2,23(29)26-12-11-16-5-3-4-6-18(16)14-26)27-22(28)10-8-19(25-27)17-7-9-20-21(13-17)31-15-30-20/h3-10,13H,11-12,14-15H2,1-2H3. The normalized spacial score (nSPS) is 15.0. The van der Waals surface area contributed by atoms with Crippen LogP contribution >= 0.6 is 0 Å². The fraction of sp³-hybridized carbons (Fsp3) is 0.292. The summed E-state index contributed by atoms with van der Waals surface area (Å²) < 4.78 is 12.1. The summed E-state index contributed by atoms with van der Waals surface area (Å²) in [7, 11) is 0. The smallest absolute Gasteiger partial charge is 0.267 e. The fourth-order valence-electron chi connectivity index (χ4n) is 4.17. The van der Waals surface area contributed by atoms with E-state index in [4.69, 9.17) is 9.47 Å². The van der Waals surface area contributed by atoms with E-state index >= 15 is 0 Å². The van der Waals surface area contributed by atoms with Crippen LogP contribution in [0.3, 0.4) is 0 Å². The van der Waals surface area contributed by atoms with E-state index in [1.165, 1.54) is 16.3 Å². The molecule has 3 aromatic rings. The molecule has 0 radical (unpaired) electrons. The van der Waals surface area contributed by atoms with Gasteiger partial charge in [-0.1, -0.05) is 24.3 Å². The van der Waals surface area contributed by atoms with Gasteiger partial charge in [0.25, 0.3) is 5.56 Å². The van der Waals surface area contributed by atoms with E-state index in [1.54, 1.807) is 19.9 Å². The molecule has 158 valence electrons. The van der Waals surface area contributed by atoms with Crippen molar-refractivity contribution >= 4 is 5.91 Å². The molecule has 5 rings (SSSR count). The Balaban J connectivity index is 1.47. The zero-order chi connectivity index (χ0) is 21.6. The van der Waals surface area contributed by atoms with Crippen molar-refractivity contribution in [2.75, 3.05) is 13.3 Å². The van der Waals surface area contributed by atoms with Crippen LogP contribution in [0.5, 0.6) is 11.5 Å². The van der Waals surface area contributed by atoms with E-state index in [2.05, 4.69) is 11.2 Å². The number of hydrogen-bond acceptors (Lipinski definition) is 5. The molecule has 2 aromatic carbocycles. The van der Waals surface area contributed by atoms with Crippen molar-refractivity contribution in [3.63, 3.8) is 0 Å². The molecule has 31 heavy (non-hydrogen) atoms. The molecular weight excluding hydrogens is 394 g/mol. The van der Waals surface area contributed by atoms with Gasteiger partial charge in [-0.2, -0.15) is 5.10 Å². The summed E-state index contributed by atoms with van der Waals surface area (Å²) in [6, 6.07) is 16.8. The van der Waals surface area contributed by atoms with Crippen LogP contribution in [-0.2, 0) is 23.3 Å². The molecule has 0 spiro atoms. The van der Waals surface area contributed by atoms with Gasteiger partial charge < -0.3 is 14.4 Å². The van der Waals surface area contributed by atoms with Crippen LogP contribution in [-0.4, -0.2) is 33.9 Å². The third kappa shape index (κ3) is 3.36. The monoisotopic (exact) mass is 417 g/mol. The summed E-state index contributed by atoms with van der Waals surface area (Å²) in [6.45, 7) is 4.83. The quantitative estimate of drug-likeness (QED) is 0.655. The number of rotatable bonds is 3. The first-order valence-electron chi connectivity index (χ1n) is 10.3. The summed E-state index contributed by atoms with van der Waals surface area (Å²) in [4.78, 5) is 28.0. The highest BCUT2D eigenvalue weighted by Crippen LogP contribution is 2.35. The number of carbonyl (C=O) groups excluding carboxylic acids is 1. The van der Waals surface area contributed by atoms with Gasteiger partial charge in [0.1, 0.15) is 5.54 Å². The molecule has 2 aliphatic rings. The second-order valence-corrected chi connectivity index (χ2v) is 8.34. The maximum atomic E-state index is 13.5. The fourth-order valence-corrected chi connectivity index (χ4v) is 4.17. The summed E-state index contributed by atoms with van der Waals surface area (Å²) in [5.74, 6) is 1.19. The number of aromatic nitrogens is 2. The van der Waals surface area contributed by atoms with Gasteiger partial charge in [-0.05, 0) is 55.7 Å². The average Bonchev–Trinajstić information content (AvgIpc) is 3.26. The first-order valence-corrected chi connectivity index (χ1v) is 10.3. The summed E-state index contributed by atoms with van der Waals surface area (Å²) in [5.41, 5.74) is 2.34. The highest BCUT2D eigenvalue weighted by molar-refractivity contribution is 5.84. The molecule has 7 heteroatoms. The van der Waals surface area contributed by atoms with Crippen LogP contribution in [0.25, 0.3) is 11.3 Å². The van der Waals surface area contributed by atoms with E-state index in [0.29, 0.717) is 30.3 Å². The Morgan fingerprint density at radius 3 is 2.61 bits per heavy atom. The van der Waals surface area contributed by atoms with Gasteiger partial charge in [-0.3, -0.25) is 9.59 Å². The minimum absolute atomic E-state index is 0.126. The predicted octanol–water partition coefficient (Wildman–Crippen LogP) is 2.96. The Hall–Kier alpha value is -3.61. The lowest BCUT2D eigenvalue weighted by Crippen LogP contribution is -2.52. The first kappa shape index (κ1) is 19.4. The predicted molar refractivity (Wildman–Crippen MR) is 115 cm³/mol. The number of carbonyl (C=O) groups is 1. The third-order valence-electron chi connectivity index (χ3n) is 5.94. The van der Waals surface area contributed by atoms with E-state index in [-0.39, 0.29) is 18.3 Å². The molecule has 1 amide bonds. The van der Waals surface area contributed by atoms with E-state index < -0.39 is 5.54 Å². The van der Waals surface area contributed by atoms with Gasteiger partial charge in [0.2, 0.25) is 12.7 Å². The highest BCUT2D eigenvalue weighted by Gasteiger charge is 2.37. The SMILES string of the molecule is CC(C)(C(=O)N1CCc2ccccc2C1)n1nc(-c2ccc3c(c2)OCO3)ccc1=O. The van der Waals surface area contributed by atoms with Crippen LogP contribution < -0.4 is 15.0 Å². The lowest BCUT2D eigenvalue weighted by molar-refractivity contribution is -0.141. The molecule has 0 saturated carbocycles. The third-order valence-corrected chi connectivity index (χ3v) is 5.94. The molecular formula is C24H23N3O4. The number of hydrogen-bond donors (Lipinski definition) is 0. The minimum atomic E-state index is -1.13. The van der Waals surface area contributed by atoms with Gasteiger partial charge in [0.15, 0.2) is 11.5 Å². The molecule has 2 aliphatic heterocycles. The first-order chi connectivity index (χ1) is 14.9. The van der Waals surface area contributed by atoms with Gasteiger partial charge in [-0.25, -0.2) is 4.68 Å². The molecule has 0 N–H and O–H groups in total. The summed E-state index contributed by atoms with van der Waals surface area (Å²) >= 11 is 0. The molecule has 3 heterocycles. The van der Waals surface area contributed by atoms with Gasteiger partial charge in [-0.15, -0.1) is 0 Å². The second-order valence-electron chi connectivity index (χ2n) is 8.34. The number of fused-ring (bicyclic) bond motifs is 2. The minimum Gasteiger partial charge on any atom is -0.454 e. The molecule has 1 aromatic heterocycles. The van der Waals surface area contributed by atoms with Crippen molar-refractivity contribution in [3.05, 3.63) is 76.1 Å². The van der Waals surface area contributed by atoms with Crippen molar-refractivity contribution in [3.8, 4) is 22.8 Å². The Bertz CT molecular complexity index is 1230.